The first-order valence-electron chi connectivity index (χ1n) is 9.45. The Kier molecular flexibility index (Phi) is 5.88. The number of hydrogen-bond acceptors (Lipinski definition) is 6. The highest BCUT2D eigenvalue weighted by molar-refractivity contribution is 6.02. The molecule has 1 unspecified atom stereocenters. The van der Waals surface area contributed by atoms with E-state index in [4.69, 9.17) is 4.74 Å². The number of carbonyl (C=O) groups is 3. The van der Waals surface area contributed by atoms with E-state index in [1.54, 1.807) is 16.9 Å². The predicted octanol–water partition coefficient (Wildman–Crippen LogP) is 1.42. The van der Waals surface area contributed by atoms with E-state index in [0.29, 0.717) is 39.1 Å². The Balaban J connectivity index is 1.90. The van der Waals surface area contributed by atoms with Crippen LogP contribution in [0.25, 0.3) is 0 Å². The molecule has 0 radical (unpaired) electrons. The zero-order chi connectivity index (χ0) is 20.3. The molecule has 2 aliphatic heterocycles. The van der Waals surface area contributed by atoms with E-state index in [1.165, 1.54) is 25.3 Å². The van der Waals surface area contributed by atoms with Crippen molar-refractivity contribution in [3.05, 3.63) is 29.3 Å². The number of nitrogens with zero attached hydrogens (tertiary/aromatic N) is 2. The topological polar surface area (TPSA) is 96.4 Å². The summed E-state index contributed by atoms with van der Waals surface area (Å²) >= 11 is 0. The summed E-state index contributed by atoms with van der Waals surface area (Å²) < 4.78 is 9.78. The Morgan fingerprint density at radius 3 is 2.46 bits per heavy atom. The zero-order valence-corrected chi connectivity index (χ0v) is 16.3. The first-order chi connectivity index (χ1) is 13.4. The van der Waals surface area contributed by atoms with Crippen LogP contribution >= 0.6 is 0 Å². The van der Waals surface area contributed by atoms with Crippen molar-refractivity contribution in [3.8, 4) is 5.75 Å². The van der Waals surface area contributed by atoms with E-state index in [2.05, 4.69) is 4.74 Å². The molecule has 1 aromatic carbocycles. The highest BCUT2D eigenvalue weighted by Gasteiger charge is 2.52. The summed E-state index contributed by atoms with van der Waals surface area (Å²) in [5.74, 6) is -1.24. The van der Waals surface area contributed by atoms with Gasteiger partial charge < -0.3 is 24.4 Å². The molecule has 28 heavy (non-hydrogen) atoms. The second-order valence-corrected chi connectivity index (χ2v) is 7.24. The highest BCUT2D eigenvalue weighted by Crippen LogP contribution is 2.39. The largest absolute Gasteiger partial charge is 0.508 e. The molecular formula is C20H26N2O6. The van der Waals surface area contributed by atoms with Crippen molar-refractivity contribution in [2.24, 2.45) is 0 Å². The van der Waals surface area contributed by atoms with E-state index in [1.807, 2.05) is 0 Å². The zero-order valence-electron chi connectivity index (χ0n) is 16.3. The van der Waals surface area contributed by atoms with Crippen molar-refractivity contribution < 1.29 is 29.0 Å². The number of aromatic hydroxyl groups is 1. The summed E-state index contributed by atoms with van der Waals surface area (Å²) in [4.78, 5) is 41.7. The molecule has 8 heteroatoms. The molecule has 2 fully saturated rings. The van der Waals surface area contributed by atoms with Crippen molar-refractivity contribution in [2.45, 2.75) is 31.2 Å². The summed E-state index contributed by atoms with van der Waals surface area (Å²) in [7, 11) is 2.83. The molecule has 1 N–H and O–H groups in total. The number of amides is 2. The maximum absolute atomic E-state index is 13.3. The van der Waals surface area contributed by atoms with E-state index in [-0.39, 0.29) is 28.7 Å². The lowest BCUT2D eigenvalue weighted by Gasteiger charge is -2.44. The van der Waals surface area contributed by atoms with Gasteiger partial charge in [0.15, 0.2) is 0 Å². The maximum atomic E-state index is 13.3. The first-order valence-corrected chi connectivity index (χ1v) is 9.45. The summed E-state index contributed by atoms with van der Waals surface area (Å²) in [5, 5.41) is 9.96. The molecule has 2 saturated heterocycles. The summed E-state index contributed by atoms with van der Waals surface area (Å²) in [5.41, 5.74) is -0.598. The van der Waals surface area contributed by atoms with Crippen LogP contribution in [0.4, 0.5) is 0 Å². The number of benzene rings is 1. The maximum Gasteiger partial charge on any atom is 0.338 e. The average molecular weight is 390 g/mol. The quantitative estimate of drug-likeness (QED) is 0.764. The van der Waals surface area contributed by atoms with E-state index in [9.17, 15) is 19.5 Å². The minimum absolute atomic E-state index is 0.0463. The van der Waals surface area contributed by atoms with Crippen molar-refractivity contribution in [2.75, 3.05) is 40.5 Å². The number of piperidine rings is 1. The number of ether oxygens (including phenoxy) is 2. The van der Waals surface area contributed by atoms with Crippen LogP contribution in [-0.2, 0) is 14.3 Å². The van der Waals surface area contributed by atoms with Crippen LogP contribution in [0, 0.1) is 0 Å². The van der Waals surface area contributed by atoms with Crippen LogP contribution in [0.15, 0.2) is 18.2 Å². The van der Waals surface area contributed by atoms with Gasteiger partial charge in [-0.25, -0.2) is 4.79 Å². The van der Waals surface area contributed by atoms with Crippen molar-refractivity contribution in [3.63, 3.8) is 0 Å². The van der Waals surface area contributed by atoms with E-state index in [0.717, 1.165) is 12.8 Å². The minimum atomic E-state index is -0.861. The van der Waals surface area contributed by atoms with Gasteiger partial charge in [-0.05, 0) is 43.9 Å². The molecule has 1 spiro atoms. The van der Waals surface area contributed by atoms with Gasteiger partial charge in [0.2, 0.25) is 5.91 Å². The van der Waals surface area contributed by atoms with Gasteiger partial charge in [-0.15, -0.1) is 0 Å². The number of carbonyl (C=O) groups excluding carboxylic acids is 3. The van der Waals surface area contributed by atoms with Gasteiger partial charge in [0.05, 0.1) is 19.3 Å². The fraction of sp³-hybridized carbons (Fsp3) is 0.550. The van der Waals surface area contributed by atoms with Crippen molar-refractivity contribution in [1.82, 2.24) is 9.80 Å². The number of esters is 1. The van der Waals surface area contributed by atoms with Crippen LogP contribution in [-0.4, -0.2) is 78.7 Å². The van der Waals surface area contributed by atoms with E-state index < -0.39 is 11.5 Å². The number of methoxy groups -OCH3 is 2. The Morgan fingerprint density at radius 2 is 1.79 bits per heavy atom. The molecule has 1 atom stereocenters. The Labute approximate surface area is 164 Å². The molecule has 1 aromatic rings. The molecule has 2 aliphatic rings. The number of likely N-dealkylation sites (tertiary alicyclic amines) is 2. The fourth-order valence-electron chi connectivity index (χ4n) is 4.26. The fourth-order valence-corrected chi connectivity index (χ4v) is 4.26. The Hall–Kier alpha value is -2.61. The number of phenols is 1. The lowest BCUT2D eigenvalue weighted by atomic mass is 9.85. The van der Waals surface area contributed by atoms with Gasteiger partial charge in [0.25, 0.3) is 5.91 Å². The van der Waals surface area contributed by atoms with E-state index >= 15 is 0 Å². The van der Waals surface area contributed by atoms with Crippen molar-refractivity contribution >= 4 is 17.8 Å². The molecule has 8 nitrogen and oxygen atoms in total. The van der Waals surface area contributed by atoms with Gasteiger partial charge in [0.1, 0.15) is 11.3 Å². The third-order valence-electron chi connectivity index (χ3n) is 5.59. The molecule has 152 valence electrons. The normalized spacial score (nSPS) is 22.0. The standard InChI is InChI=1S/C20H26N2O6/c1-27-10-9-21-7-3-5-20(19(21)26)6-4-8-22(20)17(24)14-11-15(18(25)28-2)13-16(23)12-14/h11-13,23H,3-10H2,1-2H3. The average Bonchev–Trinajstić information content (AvgIpc) is 3.11. The molecule has 2 amide bonds. The number of hydrogen-bond donors (Lipinski definition) is 1. The van der Waals surface area contributed by atoms with Crippen molar-refractivity contribution in [1.29, 1.82) is 0 Å². The second-order valence-electron chi connectivity index (χ2n) is 7.24. The summed E-state index contributed by atoms with van der Waals surface area (Å²) in [6.07, 6.45) is 2.78. The minimum Gasteiger partial charge on any atom is -0.508 e. The monoisotopic (exact) mass is 390 g/mol. The predicted molar refractivity (Wildman–Crippen MR) is 100 cm³/mol. The number of phenolic OH excluding ortho intramolecular Hbond substituents is 1. The van der Waals surface area contributed by atoms with Crippen LogP contribution < -0.4 is 0 Å². The lowest BCUT2D eigenvalue weighted by molar-refractivity contribution is -0.146. The molecule has 3 rings (SSSR count). The smallest absolute Gasteiger partial charge is 0.338 e. The van der Waals surface area contributed by atoms with Crippen LogP contribution in [0.2, 0.25) is 0 Å². The SMILES string of the molecule is COCCN1CCCC2(CCCN2C(=O)c2cc(O)cc(C(=O)OC)c2)C1=O. The van der Waals surface area contributed by atoms with Crippen LogP contribution in [0.5, 0.6) is 5.75 Å². The van der Waals surface area contributed by atoms with Crippen LogP contribution in [0.1, 0.15) is 46.4 Å². The van der Waals surface area contributed by atoms with Gasteiger partial charge in [-0.2, -0.15) is 0 Å². The molecule has 0 aliphatic carbocycles. The lowest BCUT2D eigenvalue weighted by Crippen LogP contribution is -2.61. The second kappa shape index (κ2) is 8.18. The molecular weight excluding hydrogens is 364 g/mol. The third-order valence-corrected chi connectivity index (χ3v) is 5.59. The van der Waals surface area contributed by atoms with Crippen LogP contribution in [0.3, 0.4) is 0 Å². The first kappa shape index (κ1) is 20.1. The molecule has 0 bridgehead atoms. The highest BCUT2D eigenvalue weighted by atomic mass is 16.5. The Bertz CT molecular complexity index is 780. The summed E-state index contributed by atoms with van der Waals surface area (Å²) in [6, 6.07) is 3.97. The molecule has 0 saturated carbocycles. The number of rotatable bonds is 5. The third kappa shape index (κ3) is 3.56. The Morgan fingerprint density at radius 1 is 1.11 bits per heavy atom. The van der Waals surface area contributed by atoms with Gasteiger partial charge >= 0.3 is 5.97 Å². The van der Waals surface area contributed by atoms with Gasteiger partial charge in [-0.3, -0.25) is 9.59 Å². The molecule has 2 heterocycles. The summed E-state index contributed by atoms with van der Waals surface area (Å²) in [6.45, 7) is 2.07. The van der Waals surface area contributed by atoms with Gasteiger partial charge in [-0.1, -0.05) is 0 Å². The molecule has 0 aromatic heterocycles. The van der Waals surface area contributed by atoms with Gasteiger partial charge in [0, 0.05) is 32.3 Å².